The third-order valence-corrected chi connectivity index (χ3v) is 10.1. The van der Waals surface area contributed by atoms with Gasteiger partial charge >= 0.3 is 0 Å². The topological polar surface area (TPSA) is 110 Å². The van der Waals surface area contributed by atoms with E-state index in [0.717, 1.165) is 38.5 Å². The van der Waals surface area contributed by atoms with Gasteiger partial charge in [-0.05, 0) is 12.8 Å². The highest BCUT2D eigenvalue weighted by Crippen LogP contribution is 2.17. The van der Waals surface area contributed by atoms with Crippen molar-refractivity contribution >= 4 is 5.91 Å². The molecule has 0 aromatic rings. The number of aliphatic hydroxyl groups is 4. The molecule has 0 heterocycles. The van der Waals surface area contributed by atoms with E-state index in [1.165, 1.54) is 161 Å². The Morgan fingerprint density at radius 2 is 0.723 bits per heavy atom. The Morgan fingerprint density at radius 3 is 1.02 bits per heavy atom. The van der Waals surface area contributed by atoms with Crippen LogP contribution in [0.3, 0.4) is 0 Å². The third kappa shape index (κ3) is 31.1. The van der Waals surface area contributed by atoms with Gasteiger partial charge in [0.15, 0.2) is 0 Å². The molecule has 0 aliphatic carbocycles. The van der Waals surface area contributed by atoms with E-state index in [0.29, 0.717) is 12.8 Å². The molecule has 6 heteroatoms. The molecule has 0 aromatic carbocycles. The summed E-state index contributed by atoms with van der Waals surface area (Å²) in [5.74, 6) is -0.582. The highest BCUT2D eigenvalue weighted by atomic mass is 16.3. The molecule has 5 N–H and O–H groups in total. The minimum atomic E-state index is -1.25. The first-order valence-electron chi connectivity index (χ1n) is 20.9. The highest BCUT2D eigenvalue weighted by molar-refractivity contribution is 5.80. The van der Waals surface area contributed by atoms with Crippen LogP contribution in [0.4, 0.5) is 0 Å². The first-order valence-corrected chi connectivity index (χ1v) is 20.9. The first kappa shape index (κ1) is 46.3. The molecule has 0 saturated carbocycles. The molecule has 0 saturated heterocycles. The predicted molar refractivity (Wildman–Crippen MR) is 201 cm³/mol. The van der Waals surface area contributed by atoms with Gasteiger partial charge in [0.25, 0.3) is 0 Å². The van der Waals surface area contributed by atoms with Crippen LogP contribution in [-0.4, -0.2) is 57.3 Å². The number of hydrogen-bond donors (Lipinski definition) is 5. The summed E-state index contributed by atoms with van der Waals surface area (Å²) in [6, 6.07) is -0.977. The molecule has 4 atom stereocenters. The standard InChI is InChI=1S/C41H83NO5/c1-3-5-7-9-11-13-14-15-16-17-18-19-20-21-22-23-24-25-27-29-31-33-35-39(45)41(47)42-37(36-43)40(46)38(44)34-32-30-28-26-12-10-8-6-4-2/h37-40,43-46H,3-36H2,1-2H3,(H,42,47). The Kier molecular flexibility index (Phi) is 36.0. The van der Waals surface area contributed by atoms with Crippen LogP contribution in [0.15, 0.2) is 0 Å². The maximum absolute atomic E-state index is 12.4. The van der Waals surface area contributed by atoms with E-state index in [1.807, 2.05) is 0 Å². The Balaban J connectivity index is 3.63. The zero-order chi connectivity index (χ0) is 34.6. The Hall–Kier alpha value is -0.690. The second-order valence-corrected chi connectivity index (χ2v) is 14.7. The number of hydrogen-bond acceptors (Lipinski definition) is 5. The van der Waals surface area contributed by atoms with Crippen LogP contribution >= 0.6 is 0 Å². The predicted octanol–water partition coefficient (Wildman–Crippen LogP) is 10.5. The first-order chi connectivity index (χ1) is 23.0. The summed E-state index contributed by atoms with van der Waals surface area (Å²) in [6.07, 6.45) is 37.2. The lowest BCUT2D eigenvalue weighted by Gasteiger charge is -2.27. The van der Waals surface area contributed by atoms with Gasteiger partial charge < -0.3 is 25.7 Å². The van der Waals surface area contributed by atoms with Crippen molar-refractivity contribution < 1.29 is 25.2 Å². The summed E-state index contributed by atoms with van der Waals surface area (Å²) >= 11 is 0. The van der Waals surface area contributed by atoms with Crippen molar-refractivity contribution in [3.05, 3.63) is 0 Å². The Bertz CT molecular complexity index is 633. The summed E-state index contributed by atoms with van der Waals surface area (Å²) in [5.41, 5.74) is 0. The number of unbranched alkanes of at least 4 members (excludes halogenated alkanes) is 29. The molecule has 0 aliphatic heterocycles. The number of carbonyl (C=O) groups excluding carboxylic acids is 1. The normalized spacial score (nSPS) is 14.3. The zero-order valence-corrected chi connectivity index (χ0v) is 31.5. The molecule has 0 rings (SSSR count). The van der Waals surface area contributed by atoms with E-state index in [2.05, 4.69) is 19.2 Å². The lowest BCUT2D eigenvalue weighted by atomic mass is 9.99. The Labute approximate surface area is 292 Å². The van der Waals surface area contributed by atoms with Gasteiger partial charge in [0.05, 0.1) is 18.8 Å². The molecule has 0 radical (unpaired) electrons. The second kappa shape index (κ2) is 36.6. The molecule has 47 heavy (non-hydrogen) atoms. The SMILES string of the molecule is CCCCCCCCCCCCCCCCCCCCCCCCC(O)C(=O)NC(CO)C(O)C(O)CCCCCCCCCCC. The van der Waals surface area contributed by atoms with Gasteiger partial charge in [-0.25, -0.2) is 0 Å². The zero-order valence-electron chi connectivity index (χ0n) is 31.5. The lowest BCUT2D eigenvalue weighted by molar-refractivity contribution is -0.132. The molecule has 0 aromatic heterocycles. The van der Waals surface area contributed by atoms with Gasteiger partial charge in [0.2, 0.25) is 5.91 Å². The maximum atomic E-state index is 12.4. The number of amides is 1. The van der Waals surface area contributed by atoms with Gasteiger partial charge in [0.1, 0.15) is 12.2 Å². The van der Waals surface area contributed by atoms with Crippen LogP contribution in [0.2, 0.25) is 0 Å². The van der Waals surface area contributed by atoms with Crippen LogP contribution < -0.4 is 5.32 Å². The fraction of sp³-hybridized carbons (Fsp3) is 0.976. The van der Waals surface area contributed by atoms with Gasteiger partial charge in [-0.2, -0.15) is 0 Å². The second-order valence-electron chi connectivity index (χ2n) is 14.7. The van der Waals surface area contributed by atoms with E-state index in [1.54, 1.807) is 0 Å². The summed E-state index contributed by atoms with van der Waals surface area (Å²) in [6.45, 7) is 4.03. The third-order valence-electron chi connectivity index (χ3n) is 10.1. The number of rotatable bonds is 38. The minimum absolute atomic E-state index is 0.375. The molecule has 6 nitrogen and oxygen atoms in total. The largest absolute Gasteiger partial charge is 0.394 e. The summed E-state index contributed by atoms with van der Waals surface area (Å²) < 4.78 is 0. The molecule has 0 bridgehead atoms. The number of nitrogens with one attached hydrogen (secondary N) is 1. The lowest BCUT2D eigenvalue weighted by Crippen LogP contribution is -2.53. The average molecular weight is 670 g/mol. The molecule has 0 spiro atoms. The quantitative estimate of drug-likeness (QED) is 0.0420. The molecule has 0 fully saturated rings. The highest BCUT2D eigenvalue weighted by Gasteiger charge is 2.28. The van der Waals surface area contributed by atoms with Gasteiger partial charge in [-0.1, -0.05) is 213 Å². The van der Waals surface area contributed by atoms with E-state index in [-0.39, 0.29) is 0 Å². The van der Waals surface area contributed by atoms with Crippen molar-refractivity contribution in [1.29, 1.82) is 0 Å². The monoisotopic (exact) mass is 670 g/mol. The summed E-state index contributed by atoms with van der Waals surface area (Å²) in [4.78, 5) is 12.4. The van der Waals surface area contributed by atoms with Crippen LogP contribution in [0, 0.1) is 0 Å². The van der Waals surface area contributed by atoms with Crippen molar-refractivity contribution in [2.45, 2.75) is 250 Å². The molecule has 4 unspecified atom stereocenters. The molecular formula is C41H83NO5. The fourth-order valence-corrected chi connectivity index (χ4v) is 6.70. The van der Waals surface area contributed by atoms with Crippen LogP contribution in [0.25, 0.3) is 0 Å². The van der Waals surface area contributed by atoms with Crippen molar-refractivity contribution in [2.24, 2.45) is 0 Å². The molecule has 0 aliphatic rings. The minimum Gasteiger partial charge on any atom is -0.394 e. The molecule has 282 valence electrons. The van der Waals surface area contributed by atoms with Crippen molar-refractivity contribution in [3.63, 3.8) is 0 Å². The van der Waals surface area contributed by atoms with Crippen molar-refractivity contribution in [3.8, 4) is 0 Å². The smallest absolute Gasteiger partial charge is 0.249 e. The van der Waals surface area contributed by atoms with Crippen LogP contribution in [0.5, 0.6) is 0 Å². The van der Waals surface area contributed by atoms with Crippen LogP contribution in [-0.2, 0) is 4.79 Å². The van der Waals surface area contributed by atoms with Crippen molar-refractivity contribution in [2.75, 3.05) is 6.61 Å². The van der Waals surface area contributed by atoms with E-state index in [9.17, 15) is 25.2 Å². The average Bonchev–Trinajstić information content (AvgIpc) is 3.07. The number of aliphatic hydroxyl groups excluding tert-OH is 4. The number of carbonyl (C=O) groups is 1. The van der Waals surface area contributed by atoms with E-state index < -0.39 is 36.9 Å². The molecule has 1 amide bonds. The fourth-order valence-electron chi connectivity index (χ4n) is 6.70. The van der Waals surface area contributed by atoms with Gasteiger partial charge in [0, 0.05) is 0 Å². The molecular weight excluding hydrogens is 586 g/mol. The van der Waals surface area contributed by atoms with Gasteiger partial charge in [-0.15, -0.1) is 0 Å². The Morgan fingerprint density at radius 1 is 0.447 bits per heavy atom. The van der Waals surface area contributed by atoms with E-state index >= 15 is 0 Å². The maximum Gasteiger partial charge on any atom is 0.249 e. The van der Waals surface area contributed by atoms with Gasteiger partial charge in [-0.3, -0.25) is 4.79 Å². The van der Waals surface area contributed by atoms with Crippen molar-refractivity contribution in [1.82, 2.24) is 5.32 Å². The van der Waals surface area contributed by atoms with Crippen LogP contribution in [0.1, 0.15) is 226 Å². The summed E-state index contributed by atoms with van der Waals surface area (Å²) in [5, 5.41) is 43.4. The van der Waals surface area contributed by atoms with E-state index in [4.69, 9.17) is 0 Å². The summed E-state index contributed by atoms with van der Waals surface area (Å²) in [7, 11) is 0.